The number of anilines is 1. The third-order valence-electron chi connectivity index (χ3n) is 4.59. The highest BCUT2D eigenvalue weighted by molar-refractivity contribution is 7.89. The third-order valence-corrected chi connectivity index (χ3v) is 6.07. The monoisotopic (exact) mass is 334 g/mol. The van der Waals surface area contributed by atoms with Crippen LogP contribution in [-0.2, 0) is 14.8 Å². The molecule has 1 aromatic rings. The highest BCUT2D eigenvalue weighted by atomic mass is 32.2. The molecule has 23 heavy (non-hydrogen) atoms. The van der Waals surface area contributed by atoms with Crippen molar-refractivity contribution >= 4 is 21.6 Å². The van der Waals surface area contributed by atoms with E-state index in [1.807, 2.05) is 6.92 Å². The predicted molar refractivity (Wildman–Crippen MR) is 89.4 cm³/mol. The quantitative estimate of drug-likeness (QED) is 0.785. The Balaban J connectivity index is 1.64. The van der Waals surface area contributed by atoms with Crippen LogP contribution in [0.1, 0.15) is 26.2 Å². The SMILES string of the molecule is CCCNS(=O)(=O)c1ccc(NC(=O)[C@@H]2C[C@@H]3C=C[C@@H]2C3)cc1. The minimum absolute atomic E-state index is 0.0292. The van der Waals surface area contributed by atoms with Crippen LogP contribution in [-0.4, -0.2) is 20.9 Å². The van der Waals surface area contributed by atoms with Gasteiger partial charge in [-0.1, -0.05) is 19.1 Å². The first kappa shape index (κ1) is 16.2. The van der Waals surface area contributed by atoms with Crippen molar-refractivity contribution in [3.63, 3.8) is 0 Å². The summed E-state index contributed by atoms with van der Waals surface area (Å²) in [7, 11) is -3.46. The standard InChI is InChI=1S/C17H22N2O3S/c1-2-9-18-23(21,22)15-7-5-14(6-8-15)19-17(20)16-11-12-3-4-13(16)10-12/h3-8,12-13,16,18H,2,9-11H2,1H3,(H,19,20)/t12-,13-,16-/m1/s1. The van der Waals surface area contributed by atoms with Crippen LogP contribution in [0, 0.1) is 17.8 Å². The van der Waals surface area contributed by atoms with Gasteiger partial charge in [-0.25, -0.2) is 13.1 Å². The second-order valence-corrected chi connectivity index (χ2v) is 8.07. The van der Waals surface area contributed by atoms with Gasteiger partial charge in [0.05, 0.1) is 4.90 Å². The zero-order valence-corrected chi connectivity index (χ0v) is 14.0. The molecule has 0 aliphatic heterocycles. The molecule has 0 saturated heterocycles. The molecule has 5 nitrogen and oxygen atoms in total. The highest BCUT2D eigenvalue weighted by Gasteiger charge is 2.39. The molecule has 0 spiro atoms. The molecule has 1 aromatic carbocycles. The normalized spacial score (nSPS) is 25.7. The van der Waals surface area contributed by atoms with Gasteiger partial charge in [-0.2, -0.15) is 0 Å². The molecular weight excluding hydrogens is 312 g/mol. The Morgan fingerprint density at radius 3 is 2.48 bits per heavy atom. The Kier molecular flexibility index (Phi) is 4.55. The maximum Gasteiger partial charge on any atom is 0.240 e. The van der Waals surface area contributed by atoms with E-state index in [1.54, 1.807) is 12.1 Å². The maximum absolute atomic E-state index is 12.4. The first-order chi connectivity index (χ1) is 11.0. The van der Waals surface area contributed by atoms with Gasteiger partial charge in [0.25, 0.3) is 0 Å². The van der Waals surface area contributed by atoms with Gasteiger partial charge in [-0.15, -0.1) is 0 Å². The Bertz CT molecular complexity index is 710. The maximum atomic E-state index is 12.4. The molecule has 1 fully saturated rings. The molecule has 0 radical (unpaired) electrons. The van der Waals surface area contributed by atoms with Gasteiger partial charge in [0.1, 0.15) is 0 Å². The fraction of sp³-hybridized carbons (Fsp3) is 0.471. The van der Waals surface area contributed by atoms with Gasteiger partial charge >= 0.3 is 0 Å². The number of sulfonamides is 1. The van der Waals surface area contributed by atoms with Crippen LogP contribution in [0.5, 0.6) is 0 Å². The Morgan fingerprint density at radius 1 is 1.17 bits per heavy atom. The van der Waals surface area contributed by atoms with Crippen molar-refractivity contribution in [3.8, 4) is 0 Å². The summed E-state index contributed by atoms with van der Waals surface area (Å²) >= 11 is 0. The number of carbonyl (C=O) groups excluding carboxylic acids is 1. The first-order valence-electron chi connectivity index (χ1n) is 8.08. The van der Waals surface area contributed by atoms with E-state index in [0.717, 1.165) is 19.3 Å². The van der Waals surface area contributed by atoms with Crippen LogP contribution >= 0.6 is 0 Å². The molecule has 3 rings (SSSR count). The number of hydrogen-bond donors (Lipinski definition) is 2. The molecule has 2 bridgehead atoms. The largest absolute Gasteiger partial charge is 0.326 e. The van der Waals surface area contributed by atoms with E-state index in [2.05, 4.69) is 22.2 Å². The number of rotatable bonds is 6. The molecule has 0 aromatic heterocycles. The van der Waals surface area contributed by atoms with E-state index in [4.69, 9.17) is 0 Å². The predicted octanol–water partition coefficient (Wildman–Crippen LogP) is 2.53. The number of amides is 1. The van der Waals surface area contributed by atoms with Crippen LogP contribution in [0.15, 0.2) is 41.3 Å². The van der Waals surface area contributed by atoms with E-state index >= 15 is 0 Å². The van der Waals surface area contributed by atoms with Crippen molar-refractivity contribution in [2.45, 2.75) is 31.1 Å². The van der Waals surface area contributed by atoms with Crippen LogP contribution in [0.4, 0.5) is 5.69 Å². The van der Waals surface area contributed by atoms with Gasteiger partial charge in [-0.3, -0.25) is 4.79 Å². The Hall–Kier alpha value is -1.66. The summed E-state index contributed by atoms with van der Waals surface area (Å²) < 4.78 is 26.6. The molecule has 0 unspecified atom stereocenters. The lowest BCUT2D eigenvalue weighted by Gasteiger charge is -2.17. The molecular formula is C17H22N2O3S. The fourth-order valence-electron chi connectivity index (χ4n) is 3.35. The van der Waals surface area contributed by atoms with Crippen molar-refractivity contribution in [1.82, 2.24) is 4.72 Å². The Morgan fingerprint density at radius 2 is 1.91 bits per heavy atom. The van der Waals surface area contributed by atoms with E-state index in [-0.39, 0.29) is 16.7 Å². The molecule has 1 saturated carbocycles. The van der Waals surface area contributed by atoms with Crippen molar-refractivity contribution in [1.29, 1.82) is 0 Å². The molecule has 2 aliphatic rings. The number of nitrogens with one attached hydrogen (secondary N) is 2. The highest BCUT2D eigenvalue weighted by Crippen LogP contribution is 2.43. The Labute approximate surface area is 137 Å². The number of carbonyl (C=O) groups is 1. The number of benzene rings is 1. The number of fused-ring (bicyclic) bond motifs is 2. The lowest BCUT2D eigenvalue weighted by Crippen LogP contribution is -2.26. The van der Waals surface area contributed by atoms with Gasteiger partial charge in [0, 0.05) is 18.2 Å². The molecule has 0 heterocycles. The molecule has 124 valence electrons. The first-order valence-corrected chi connectivity index (χ1v) is 9.57. The molecule has 2 N–H and O–H groups in total. The van der Waals surface area contributed by atoms with Crippen molar-refractivity contribution in [2.24, 2.45) is 17.8 Å². The van der Waals surface area contributed by atoms with E-state index in [9.17, 15) is 13.2 Å². The van der Waals surface area contributed by atoms with E-state index in [1.165, 1.54) is 12.1 Å². The summed E-state index contributed by atoms with van der Waals surface area (Å²) in [5, 5.41) is 2.90. The molecule has 2 aliphatic carbocycles. The van der Waals surface area contributed by atoms with Gasteiger partial charge < -0.3 is 5.32 Å². The van der Waals surface area contributed by atoms with Crippen LogP contribution < -0.4 is 10.0 Å². The summed E-state index contributed by atoms with van der Waals surface area (Å²) in [6, 6.07) is 6.32. The zero-order valence-electron chi connectivity index (χ0n) is 13.2. The zero-order chi connectivity index (χ0) is 16.4. The second-order valence-electron chi connectivity index (χ2n) is 6.30. The fourth-order valence-corrected chi connectivity index (χ4v) is 4.49. The lowest BCUT2D eigenvalue weighted by molar-refractivity contribution is -0.120. The summed E-state index contributed by atoms with van der Waals surface area (Å²) in [6.07, 6.45) is 7.09. The van der Waals surface area contributed by atoms with Crippen molar-refractivity contribution < 1.29 is 13.2 Å². The van der Waals surface area contributed by atoms with Gasteiger partial charge in [0.15, 0.2) is 0 Å². The third kappa shape index (κ3) is 3.48. The lowest BCUT2D eigenvalue weighted by atomic mass is 9.93. The molecule has 6 heteroatoms. The van der Waals surface area contributed by atoms with Crippen molar-refractivity contribution in [3.05, 3.63) is 36.4 Å². The van der Waals surface area contributed by atoms with Crippen LogP contribution in [0.25, 0.3) is 0 Å². The van der Waals surface area contributed by atoms with Crippen LogP contribution in [0.3, 0.4) is 0 Å². The average molecular weight is 334 g/mol. The summed E-state index contributed by atoms with van der Waals surface area (Å²) in [4.78, 5) is 12.6. The van der Waals surface area contributed by atoms with E-state index in [0.29, 0.717) is 24.1 Å². The minimum atomic E-state index is -3.46. The van der Waals surface area contributed by atoms with Crippen molar-refractivity contribution in [2.75, 3.05) is 11.9 Å². The second kappa shape index (κ2) is 6.45. The number of allylic oxidation sites excluding steroid dienone is 2. The molecule has 3 atom stereocenters. The average Bonchev–Trinajstić information content (AvgIpc) is 3.16. The van der Waals surface area contributed by atoms with Gasteiger partial charge in [-0.05, 0) is 55.4 Å². The number of hydrogen-bond acceptors (Lipinski definition) is 3. The minimum Gasteiger partial charge on any atom is -0.326 e. The molecule has 1 amide bonds. The van der Waals surface area contributed by atoms with E-state index < -0.39 is 10.0 Å². The summed E-state index contributed by atoms with van der Waals surface area (Å²) in [5.41, 5.74) is 0.635. The van der Waals surface area contributed by atoms with Gasteiger partial charge in [0.2, 0.25) is 15.9 Å². The van der Waals surface area contributed by atoms with Crippen LogP contribution in [0.2, 0.25) is 0 Å². The summed E-state index contributed by atoms with van der Waals surface area (Å²) in [5.74, 6) is 0.979. The topological polar surface area (TPSA) is 75.3 Å². The smallest absolute Gasteiger partial charge is 0.240 e. The summed E-state index contributed by atoms with van der Waals surface area (Å²) in [6.45, 7) is 2.32.